The van der Waals surface area contributed by atoms with Crippen molar-refractivity contribution in [2.24, 2.45) is 0 Å². The largest absolute Gasteiger partial charge is 0.338 e. The standard InChI is InChI=1S/C22H22N4O/c1-16-24-14-20(17-9-11-23-12-10-17)21(25-16)19-8-5-13-26(15-19)22(27)18-6-3-2-4-7-18/h2-4,6-7,9-12,14,19H,5,8,13,15H2,1H3. The van der Waals surface area contributed by atoms with Crippen LogP contribution in [-0.2, 0) is 0 Å². The predicted molar refractivity (Wildman–Crippen MR) is 104 cm³/mol. The van der Waals surface area contributed by atoms with E-state index >= 15 is 0 Å². The maximum atomic E-state index is 12.9. The number of carbonyl (C=O) groups is 1. The summed E-state index contributed by atoms with van der Waals surface area (Å²) >= 11 is 0. The van der Waals surface area contributed by atoms with Crippen LogP contribution in [-0.4, -0.2) is 38.8 Å². The molecule has 5 heteroatoms. The normalized spacial score (nSPS) is 16.9. The van der Waals surface area contributed by atoms with E-state index in [0.29, 0.717) is 6.54 Å². The van der Waals surface area contributed by atoms with Gasteiger partial charge in [0.25, 0.3) is 5.91 Å². The molecule has 1 fully saturated rings. The fourth-order valence-corrected chi connectivity index (χ4v) is 3.70. The number of benzene rings is 1. The van der Waals surface area contributed by atoms with Crippen molar-refractivity contribution < 1.29 is 4.79 Å². The minimum absolute atomic E-state index is 0.0940. The Bertz CT molecular complexity index is 928. The van der Waals surface area contributed by atoms with Gasteiger partial charge in [-0.25, -0.2) is 9.97 Å². The smallest absolute Gasteiger partial charge is 0.253 e. The van der Waals surface area contributed by atoms with E-state index in [1.165, 1.54) is 0 Å². The second-order valence-corrected chi connectivity index (χ2v) is 6.91. The highest BCUT2D eigenvalue weighted by Gasteiger charge is 2.28. The van der Waals surface area contributed by atoms with Gasteiger partial charge in [-0.15, -0.1) is 0 Å². The van der Waals surface area contributed by atoms with Crippen molar-refractivity contribution in [2.75, 3.05) is 13.1 Å². The van der Waals surface area contributed by atoms with Crippen molar-refractivity contribution in [3.63, 3.8) is 0 Å². The topological polar surface area (TPSA) is 59.0 Å². The van der Waals surface area contributed by atoms with E-state index in [2.05, 4.69) is 9.97 Å². The Hall–Kier alpha value is -3.08. The van der Waals surface area contributed by atoms with Crippen LogP contribution >= 0.6 is 0 Å². The summed E-state index contributed by atoms with van der Waals surface area (Å²) in [5.74, 6) is 1.06. The summed E-state index contributed by atoms with van der Waals surface area (Å²) in [6.07, 6.45) is 7.45. The van der Waals surface area contributed by atoms with Gasteiger partial charge in [0, 0.05) is 48.7 Å². The van der Waals surface area contributed by atoms with Crippen LogP contribution in [0.2, 0.25) is 0 Å². The molecule has 2 aromatic heterocycles. The highest BCUT2D eigenvalue weighted by molar-refractivity contribution is 5.94. The summed E-state index contributed by atoms with van der Waals surface area (Å²) in [5, 5.41) is 0. The molecule has 0 saturated carbocycles. The summed E-state index contributed by atoms with van der Waals surface area (Å²) < 4.78 is 0. The van der Waals surface area contributed by atoms with E-state index in [-0.39, 0.29) is 11.8 Å². The fraction of sp³-hybridized carbons (Fsp3) is 0.273. The Kier molecular flexibility index (Phi) is 4.92. The van der Waals surface area contributed by atoms with Crippen molar-refractivity contribution in [3.8, 4) is 11.1 Å². The fourth-order valence-electron chi connectivity index (χ4n) is 3.70. The first-order valence-corrected chi connectivity index (χ1v) is 9.30. The lowest BCUT2D eigenvalue weighted by atomic mass is 9.89. The number of amides is 1. The number of nitrogens with zero attached hydrogens (tertiary/aromatic N) is 4. The molecule has 1 atom stereocenters. The first-order valence-electron chi connectivity index (χ1n) is 9.30. The zero-order valence-electron chi connectivity index (χ0n) is 15.4. The lowest BCUT2D eigenvalue weighted by molar-refractivity contribution is 0.0706. The molecule has 0 aliphatic carbocycles. The number of rotatable bonds is 3. The van der Waals surface area contributed by atoms with E-state index in [9.17, 15) is 4.79 Å². The average molecular weight is 358 g/mol. The Morgan fingerprint density at radius 1 is 1.11 bits per heavy atom. The van der Waals surface area contributed by atoms with Gasteiger partial charge in [0.05, 0.1) is 5.69 Å². The zero-order chi connectivity index (χ0) is 18.6. The van der Waals surface area contributed by atoms with Crippen LogP contribution in [0.15, 0.2) is 61.1 Å². The number of aromatic nitrogens is 3. The summed E-state index contributed by atoms with van der Waals surface area (Å²) in [5.41, 5.74) is 3.86. The molecule has 1 aliphatic rings. The number of carbonyl (C=O) groups excluding carboxylic acids is 1. The molecule has 5 nitrogen and oxygen atoms in total. The quantitative estimate of drug-likeness (QED) is 0.713. The molecule has 3 heterocycles. The van der Waals surface area contributed by atoms with Crippen LogP contribution in [0.1, 0.15) is 40.6 Å². The van der Waals surface area contributed by atoms with Gasteiger partial charge in [-0.1, -0.05) is 18.2 Å². The van der Waals surface area contributed by atoms with Gasteiger partial charge >= 0.3 is 0 Å². The van der Waals surface area contributed by atoms with Crippen LogP contribution in [0.25, 0.3) is 11.1 Å². The van der Waals surface area contributed by atoms with Crippen LogP contribution in [0, 0.1) is 6.92 Å². The number of hydrogen-bond acceptors (Lipinski definition) is 4. The third-order valence-electron chi connectivity index (χ3n) is 5.05. The first-order chi connectivity index (χ1) is 13.2. The van der Waals surface area contributed by atoms with Gasteiger partial charge < -0.3 is 4.90 Å². The Morgan fingerprint density at radius 2 is 1.89 bits per heavy atom. The molecule has 1 aromatic carbocycles. The molecule has 0 bridgehead atoms. The van der Waals surface area contributed by atoms with Gasteiger partial charge in [0.2, 0.25) is 0 Å². The van der Waals surface area contributed by atoms with Gasteiger partial charge in [-0.2, -0.15) is 0 Å². The third-order valence-corrected chi connectivity index (χ3v) is 5.05. The second-order valence-electron chi connectivity index (χ2n) is 6.91. The molecular weight excluding hydrogens is 336 g/mol. The Morgan fingerprint density at radius 3 is 2.67 bits per heavy atom. The minimum Gasteiger partial charge on any atom is -0.338 e. The summed E-state index contributed by atoms with van der Waals surface area (Å²) in [6.45, 7) is 3.39. The van der Waals surface area contributed by atoms with Crippen LogP contribution < -0.4 is 0 Å². The summed E-state index contributed by atoms with van der Waals surface area (Å²) in [6, 6.07) is 13.5. The highest BCUT2D eigenvalue weighted by Crippen LogP contribution is 2.33. The average Bonchev–Trinajstić information content (AvgIpc) is 2.74. The van der Waals surface area contributed by atoms with Crippen LogP contribution in [0.5, 0.6) is 0 Å². The van der Waals surface area contributed by atoms with Crippen molar-refractivity contribution in [2.45, 2.75) is 25.7 Å². The lowest BCUT2D eigenvalue weighted by Gasteiger charge is -2.33. The van der Waals surface area contributed by atoms with Gasteiger partial charge in [-0.3, -0.25) is 9.78 Å². The molecule has 0 radical (unpaired) electrons. The van der Waals surface area contributed by atoms with E-state index < -0.39 is 0 Å². The molecule has 1 aliphatic heterocycles. The molecular formula is C22H22N4O. The Labute approximate surface area is 159 Å². The van der Waals surface area contributed by atoms with Gasteiger partial charge in [0.15, 0.2) is 0 Å². The SMILES string of the molecule is Cc1ncc(-c2ccncc2)c(C2CCCN(C(=O)c3ccccc3)C2)n1. The van der Waals surface area contributed by atoms with E-state index in [1.54, 1.807) is 12.4 Å². The minimum atomic E-state index is 0.0940. The molecule has 1 amide bonds. The van der Waals surface area contributed by atoms with Gasteiger partial charge in [-0.05, 0) is 49.6 Å². The zero-order valence-corrected chi connectivity index (χ0v) is 15.4. The molecule has 136 valence electrons. The maximum absolute atomic E-state index is 12.9. The number of pyridine rings is 1. The van der Waals surface area contributed by atoms with Crippen molar-refractivity contribution >= 4 is 5.91 Å². The number of likely N-dealkylation sites (tertiary alicyclic amines) is 1. The van der Waals surface area contributed by atoms with Gasteiger partial charge in [0.1, 0.15) is 5.82 Å². The third kappa shape index (κ3) is 3.72. The van der Waals surface area contributed by atoms with Crippen molar-refractivity contribution in [3.05, 3.63) is 78.1 Å². The summed E-state index contributed by atoms with van der Waals surface area (Å²) in [7, 11) is 0. The lowest BCUT2D eigenvalue weighted by Crippen LogP contribution is -2.39. The predicted octanol–water partition coefficient (Wildman–Crippen LogP) is 3.87. The molecule has 0 spiro atoms. The molecule has 3 aromatic rings. The number of hydrogen-bond donors (Lipinski definition) is 0. The molecule has 4 rings (SSSR count). The highest BCUT2D eigenvalue weighted by atomic mass is 16.2. The molecule has 1 unspecified atom stereocenters. The van der Waals surface area contributed by atoms with Crippen molar-refractivity contribution in [1.29, 1.82) is 0 Å². The monoisotopic (exact) mass is 358 g/mol. The molecule has 1 saturated heterocycles. The van der Waals surface area contributed by atoms with E-state index in [0.717, 1.165) is 47.6 Å². The number of aryl methyl sites for hydroxylation is 1. The van der Waals surface area contributed by atoms with E-state index in [1.807, 2.05) is 60.5 Å². The Balaban J connectivity index is 1.64. The molecule has 0 N–H and O–H groups in total. The second kappa shape index (κ2) is 7.66. The van der Waals surface area contributed by atoms with E-state index in [4.69, 9.17) is 4.98 Å². The van der Waals surface area contributed by atoms with Crippen LogP contribution in [0.3, 0.4) is 0 Å². The van der Waals surface area contributed by atoms with Crippen molar-refractivity contribution in [1.82, 2.24) is 19.9 Å². The molecule has 27 heavy (non-hydrogen) atoms. The summed E-state index contributed by atoms with van der Waals surface area (Å²) in [4.78, 5) is 28.1. The first kappa shape index (κ1) is 17.3. The number of piperidine rings is 1. The maximum Gasteiger partial charge on any atom is 0.253 e. The van der Waals surface area contributed by atoms with Crippen LogP contribution in [0.4, 0.5) is 0 Å².